The molecule has 1 amide bonds. The maximum atomic E-state index is 12.9. The van der Waals surface area contributed by atoms with Gasteiger partial charge < -0.3 is 10.1 Å². The molecule has 6 nitrogen and oxygen atoms in total. The normalized spacial score (nSPS) is 11.0. The molecule has 30 heavy (non-hydrogen) atoms. The topological polar surface area (TPSA) is 84.5 Å². The van der Waals surface area contributed by atoms with E-state index in [2.05, 4.69) is 10.0 Å². The van der Waals surface area contributed by atoms with Gasteiger partial charge in [0.1, 0.15) is 5.75 Å². The number of amides is 1. The summed E-state index contributed by atoms with van der Waals surface area (Å²) in [6.45, 7) is 4.08. The van der Waals surface area contributed by atoms with Crippen molar-refractivity contribution in [2.24, 2.45) is 0 Å². The van der Waals surface area contributed by atoms with Crippen molar-refractivity contribution >= 4 is 38.9 Å². The molecule has 0 aliphatic rings. The summed E-state index contributed by atoms with van der Waals surface area (Å²) in [5.41, 5.74) is 1.60. The molecule has 0 spiro atoms. The number of aryl methyl sites for hydroxylation is 1. The molecule has 3 aromatic carbocycles. The van der Waals surface area contributed by atoms with Gasteiger partial charge >= 0.3 is 0 Å². The number of rotatable bonds is 7. The van der Waals surface area contributed by atoms with Crippen molar-refractivity contribution in [1.82, 2.24) is 0 Å². The lowest BCUT2D eigenvalue weighted by molar-refractivity contribution is 0.102. The molecule has 0 fully saturated rings. The van der Waals surface area contributed by atoms with Gasteiger partial charge in [0.05, 0.1) is 22.1 Å². The van der Waals surface area contributed by atoms with Crippen LogP contribution in [0.2, 0.25) is 5.02 Å². The Morgan fingerprint density at radius 1 is 1.00 bits per heavy atom. The molecular formula is C22H21ClN2O4S. The van der Waals surface area contributed by atoms with E-state index >= 15 is 0 Å². The summed E-state index contributed by atoms with van der Waals surface area (Å²) < 4.78 is 33.8. The van der Waals surface area contributed by atoms with Gasteiger partial charge in [-0.1, -0.05) is 29.8 Å². The van der Waals surface area contributed by atoms with E-state index in [1.165, 1.54) is 6.07 Å². The predicted molar refractivity (Wildman–Crippen MR) is 119 cm³/mol. The van der Waals surface area contributed by atoms with Crippen LogP contribution in [0.3, 0.4) is 0 Å². The van der Waals surface area contributed by atoms with Gasteiger partial charge in [-0.3, -0.25) is 9.52 Å². The Hall–Kier alpha value is -3.03. The Labute approximate surface area is 180 Å². The predicted octanol–water partition coefficient (Wildman–Crippen LogP) is 5.10. The second-order valence-electron chi connectivity index (χ2n) is 6.48. The number of hydrogen-bond donors (Lipinski definition) is 2. The number of carbonyl (C=O) groups is 1. The largest absolute Gasteiger partial charge is 0.494 e. The molecule has 0 radical (unpaired) electrons. The molecule has 0 aromatic heterocycles. The number of anilines is 2. The van der Waals surface area contributed by atoms with Crippen LogP contribution in [-0.4, -0.2) is 20.9 Å². The van der Waals surface area contributed by atoms with Crippen LogP contribution in [0.25, 0.3) is 0 Å². The minimum atomic E-state index is -3.87. The summed E-state index contributed by atoms with van der Waals surface area (Å²) in [7, 11) is -3.87. The molecule has 0 saturated heterocycles. The highest BCUT2D eigenvalue weighted by atomic mass is 35.5. The first-order chi connectivity index (χ1) is 14.3. The minimum absolute atomic E-state index is 0.0633. The Morgan fingerprint density at radius 3 is 2.33 bits per heavy atom. The Balaban J connectivity index is 1.83. The summed E-state index contributed by atoms with van der Waals surface area (Å²) in [6, 6.07) is 18.0. The van der Waals surface area contributed by atoms with Gasteiger partial charge in [0.15, 0.2) is 0 Å². The van der Waals surface area contributed by atoms with Gasteiger partial charge in [0, 0.05) is 11.4 Å². The van der Waals surface area contributed by atoms with E-state index < -0.39 is 15.9 Å². The van der Waals surface area contributed by atoms with E-state index in [-0.39, 0.29) is 4.90 Å². The monoisotopic (exact) mass is 444 g/mol. The fraction of sp³-hybridized carbons (Fsp3) is 0.136. The summed E-state index contributed by atoms with van der Waals surface area (Å²) in [5, 5.41) is 3.00. The third kappa shape index (κ3) is 5.11. The van der Waals surface area contributed by atoms with E-state index in [1.54, 1.807) is 67.6 Å². The zero-order valence-corrected chi connectivity index (χ0v) is 18.0. The molecule has 3 aromatic rings. The van der Waals surface area contributed by atoms with Crippen LogP contribution in [0.4, 0.5) is 11.4 Å². The highest BCUT2D eigenvalue weighted by Crippen LogP contribution is 2.25. The summed E-state index contributed by atoms with van der Waals surface area (Å²) in [6.07, 6.45) is 0. The van der Waals surface area contributed by atoms with Crippen molar-refractivity contribution in [3.63, 3.8) is 0 Å². The average molecular weight is 445 g/mol. The number of hydrogen-bond acceptors (Lipinski definition) is 4. The fourth-order valence-electron chi connectivity index (χ4n) is 2.81. The van der Waals surface area contributed by atoms with Crippen LogP contribution in [0.5, 0.6) is 5.75 Å². The fourth-order valence-corrected chi connectivity index (χ4v) is 4.36. The third-order valence-corrected chi connectivity index (χ3v) is 6.12. The molecule has 0 aliphatic carbocycles. The molecule has 156 valence electrons. The lowest BCUT2D eigenvalue weighted by Crippen LogP contribution is -2.16. The van der Waals surface area contributed by atoms with E-state index in [0.29, 0.717) is 39.9 Å². The van der Waals surface area contributed by atoms with Gasteiger partial charge in [-0.15, -0.1) is 0 Å². The van der Waals surface area contributed by atoms with Crippen LogP contribution in [-0.2, 0) is 10.0 Å². The second-order valence-corrected chi connectivity index (χ2v) is 8.54. The molecule has 8 heteroatoms. The molecule has 0 aliphatic heterocycles. The van der Waals surface area contributed by atoms with E-state index in [1.807, 2.05) is 6.92 Å². The van der Waals surface area contributed by atoms with Crippen molar-refractivity contribution in [2.45, 2.75) is 18.7 Å². The molecule has 0 bridgehead atoms. The maximum absolute atomic E-state index is 12.9. The summed E-state index contributed by atoms with van der Waals surface area (Å²) in [4.78, 5) is 12.5. The van der Waals surface area contributed by atoms with Gasteiger partial charge in [-0.2, -0.15) is 0 Å². The highest BCUT2D eigenvalue weighted by Gasteiger charge is 2.19. The average Bonchev–Trinajstić information content (AvgIpc) is 2.71. The molecule has 0 saturated carbocycles. The SMILES string of the molecule is CCOc1ccc(NS(=O)(=O)c2cc(NC(=O)c3ccccc3Cl)ccc2C)cc1. The van der Waals surface area contributed by atoms with E-state index in [0.717, 1.165) is 0 Å². The first-order valence-corrected chi connectivity index (χ1v) is 11.1. The zero-order chi connectivity index (χ0) is 21.7. The van der Waals surface area contributed by atoms with E-state index in [4.69, 9.17) is 16.3 Å². The van der Waals surface area contributed by atoms with Crippen LogP contribution >= 0.6 is 11.6 Å². The lowest BCUT2D eigenvalue weighted by atomic mass is 10.2. The smallest absolute Gasteiger partial charge is 0.262 e. The summed E-state index contributed by atoms with van der Waals surface area (Å²) >= 11 is 6.06. The number of carbonyl (C=O) groups excluding carboxylic acids is 1. The number of ether oxygens (including phenoxy) is 1. The number of halogens is 1. The van der Waals surface area contributed by atoms with Crippen molar-refractivity contribution in [3.05, 3.63) is 82.9 Å². The molecular weight excluding hydrogens is 424 g/mol. The zero-order valence-electron chi connectivity index (χ0n) is 16.5. The summed E-state index contributed by atoms with van der Waals surface area (Å²) in [5.74, 6) is 0.230. The van der Waals surface area contributed by atoms with Gasteiger partial charge in [-0.05, 0) is 67.9 Å². The van der Waals surface area contributed by atoms with Gasteiger partial charge in [0.25, 0.3) is 15.9 Å². The van der Waals surface area contributed by atoms with Crippen LogP contribution in [0, 0.1) is 6.92 Å². The van der Waals surface area contributed by atoms with Gasteiger partial charge in [0.2, 0.25) is 0 Å². The minimum Gasteiger partial charge on any atom is -0.494 e. The quantitative estimate of drug-likeness (QED) is 0.531. The lowest BCUT2D eigenvalue weighted by Gasteiger charge is -2.13. The Kier molecular flexibility index (Phi) is 6.64. The molecule has 0 atom stereocenters. The number of benzene rings is 3. The Morgan fingerprint density at radius 2 is 1.67 bits per heavy atom. The van der Waals surface area contributed by atoms with E-state index in [9.17, 15) is 13.2 Å². The second kappa shape index (κ2) is 9.19. The van der Waals surface area contributed by atoms with Crippen molar-refractivity contribution in [2.75, 3.05) is 16.6 Å². The maximum Gasteiger partial charge on any atom is 0.262 e. The number of sulfonamides is 1. The van der Waals surface area contributed by atoms with Crippen LogP contribution in [0.15, 0.2) is 71.6 Å². The molecule has 3 rings (SSSR count). The van der Waals surface area contributed by atoms with Crippen molar-refractivity contribution in [3.8, 4) is 5.75 Å². The van der Waals surface area contributed by atoms with Gasteiger partial charge in [-0.25, -0.2) is 8.42 Å². The van der Waals surface area contributed by atoms with Crippen LogP contribution in [0.1, 0.15) is 22.8 Å². The van der Waals surface area contributed by atoms with Crippen LogP contribution < -0.4 is 14.8 Å². The first-order valence-electron chi connectivity index (χ1n) is 9.22. The molecule has 0 unspecified atom stereocenters. The Bertz CT molecular complexity index is 1160. The number of nitrogens with one attached hydrogen (secondary N) is 2. The standard InChI is InChI=1S/C22H21ClN2O4S/c1-3-29-18-12-10-16(11-13-18)25-30(27,28)21-14-17(9-8-15(21)2)24-22(26)19-6-4-5-7-20(19)23/h4-14,25H,3H2,1-2H3,(H,24,26). The third-order valence-electron chi connectivity index (χ3n) is 4.27. The van der Waals surface area contributed by atoms with Crippen molar-refractivity contribution < 1.29 is 17.9 Å². The molecule has 2 N–H and O–H groups in total. The van der Waals surface area contributed by atoms with Crippen molar-refractivity contribution in [1.29, 1.82) is 0 Å². The highest BCUT2D eigenvalue weighted by molar-refractivity contribution is 7.92. The first kappa shape index (κ1) is 21.7. The molecule has 0 heterocycles.